The van der Waals surface area contributed by atoms with Crippen molar-refractivity contribution >= 4 is 26.6 Å². The summed E-state index contributed by atoms with van der Waals surface area (Å²) in [5.74, 6) is 0. The Labute approximate surface area is 109 Å². The summed E-state index contributed by atoms with van der Waals surface area (Å²) >= 11 is 0. The van der Waals surface area contributed by atoms with Gasteiger partial charge in [0.05, 0.1) is 17.5 Å². The summed E-state index contributed by atoms with van der Waals surface area (Å²) < 4.78 is 31.5. The van der Waals surface area contributed by atoms with Crippen LogP contribution in [0.3, 0.4) is 0 Å². The molecular weight excluding hydrogens is 264 g/mol. The number of nitrogens with zero attached hydrogens (tertiary/aromatic N) is 1. The Kier molecular flexibility index (Phi) is 2.72. The zero-order valence-electron chi connectivity index (χ0n) is 9.78. The first kappa shape index (κ1) is 11.7. The topological polar surface area (TPSA) is 72.2 Å². The molecule has 0 saturated carbocycles. The number of pyridine rings is 1. The van der Waals surface area contributed by atoms with E-state index in [9.17, 15) is 8.42 Å². The lowest BCUT2D eigenvalue weighted by Crippen LogP contribution is -2.12. The van der Waals surface area contributed by atoms with Gasteiger partial charge in [0.15, 0.2) is 0 Å². The van der Waals surface area contributed by atoms with Gasteiger partial charge < -0.3 is 4.42 Å². The smallest absolute Gasteiger partial charge is 0.295 e. The molecule has 2 heterocycles. The highest BCUT2D eigenvalue weighted by atomic mass is 32.2. The van der Waals surface area contributed by atoms with Gasteiger partial charge in [-0.2, -0.15) is 8.42 Å². The normalized spacial score (nSPS) is 11.6. The third kappa shape index (κ3) is 2.17. The molecule has 96 valence electrons. The van der Waals surface area contributed by atoms with E-state index in [0.29, 0.717) is 11.2 Å². The average molecular weight is 274 g/mol. The summed E-state index contributed by atoms with van der Waals surface area (Å²) in [6.45, 7) is 0. The molecule has 0 atom stereocenters. The summed E-state index contributed by atoms with van der Waals surface area (Å²) in [6.07, 6.45) is 2.93. The van der Waals surface area contributed by atoms with Gasteiger partial charge in [-0.25, -0.2) is 0 Å². The lowest BCUT2D eigenvalue weighted by atomic mass is 10.2. The van der Waals surface area contributed by atoms with E-state index in [1.54, 1.807) is 24.4 Å². The highest BCUT2D eigenvalue weighted by molar-refractivity contribution is 7.92. The van der Waals surface area contributed by atoms with Crippen LogP contribution < -0.4 is 4.72 Å². The van der Waals surface area contributed by atoms with Gasteiger partial charge >= 0.3 is 0 Å². The molecular formula is C13H10N2O3S. The summed E-state index contributed by atoms with van der Waals surface area (Å²) in [6, 6.07) is 11.9. The van der Waals surface area contributed by atoms with E-state index in [1.807, 2.05) is 12.1 Å². The number of sulfonamides is 1. The number of hydrogen-bond donors (Lipinski definition) is 1. The standard InChI is InChI=1S/C13H10N2O3S/c16-19(17,12-7-3-9-18-12)15-11-6-1-4-10-5-2-8-14-13(10)11/h1-9,15H. The molecule has 2 aromatic heterocycles. The number of rotatable bonds is 3. The van der Waals surface area contributed by atoms with Crippen LogP contribution in [0.15, 0.2) is 64.4 Å². The second-order valence-corrected chi connectivity index (χ2v) is 5.53. The lowest BCUT2D eigenvalue weighted by Gasteiger charge is -2.07. The monoisotopic (exact) mass is 274 g/mol. The van der Waals surface area contributed by atoms with Crippen LogP contribution in [0.5, 0.6) is 0 Å². The zero-order valence-corrected chi connectivity index (χ0v) is 10.6. The summed E-state index contributed by atoms with van der Waals surface area (Å²) in [5.41, 5.74) is 1.02. The summed E-state index contributed by atoms with van der Waals surface area (Å²) in [5, 5.41) is 0.738. The zero-order chi connectivity index (χ0) is 13.3. The highest BCUT2D eigenvalue weighted by Crippen LogP contribution is 2.23. The first-order valence-electron chi connectivity index (χ1n) is 5.57. The molecule has 19 heavy (non-hydrogen) atoms. The predicted octanol–water partition coefficient (Wildman–Crippen LogP) is 2.63. The van der Waals surface area contributed by atoms with Crippen LogP contribution in [-0.2, 0) is 10.0 Å². The number of anilines is 1. The average Bonchev–Trinajstić information content (AvgIpc) is 2.93. The Morgan fingerprint density at radius 1 is 1.05 bits per heavy atom. The van der Waals surface area contributed by atoms with Gasteiger partial charge in [0.2, 0.25) is 5.09 Å². The van der Waals surface area contributed by atoms with Crippen molar-refractivity contribution in [3.8, 4) is 0 Å². The molecule has 0 fully saturated rings. The van der Waals surface area contributed by atoms with Gasteiger partial charge in [0.25, 0.3) is 10.0 Å². The van der Waals surface area contributed by atoms with Crippen molar-refractivity contribution in [2.75, 3.05) is 4.72 Å². The maximum absolute atomic E-state index is 12.1. The molecule has 3 rings (SSSR count). The first-order valence-corrected chi connectivity index (χ1v) is 7.05. The van der Waals surface area contributed by atoms with Crippen LogP contribution in [0.1, 0.15) is 0 Å². The number of hydrogen-bond acceptors (Lipinski definition) is 4. The second-order valence-electron chi connectivity index (χ2n) is 3.92. The molecule has 0 aliphatic heterocycles. The molecule has 0 aliphatic rings. The minimum absolute atomic E-state index is 0.125. The van der Waals surface area contributed by atoms with Crippen LogP contribution in [0.2, 0.25) is 0 Å². The number of aromatic nitrogens is 1. The maximum Gasteiger partial charge on any atom is 0.295 e. The number of nitrogens with one attached hydrogen (secondary N) is 1. The van der Waals surface area contributed by atoms with E-state index in [2.05, 4.69) is 9.71 Å². The first-order chi connectivity index (χ1) is 9.17. The fraction of sp³-hybridized carbons (Fsp3) is 0. The fourth-order valence-electron chi connectivity index (χ4n) is 1.80. The Bertz CT molecular complexity index is 806. The number of furan rings is 1. The van der Waals surface area contributed by atoms with E-state index in [-0.39, 0.29) is 5.09 Å². The minimum Gasteiger partial charge on any atom is -0.451 e. The molecule has 6 heteroatoms. The minimum atomic E-state index is -3.72. The third-order valence-electron chi connectivity index (χ3n) is 2.64. The Hall–Kier alpha value is -2.34. The van der Waals surface area contributed by atoms with Crippen LogP contribution in [-0.4, -0.2) is 13.4 Å². The maximum atomic E-state index is 12.1. The number of benzene rings is 1. The van der Waals surface area contributed by atoms with Gasteiger partial charge in [-0.15, -0.1) is 0 Å². The van der Waals surface area contributed by atoms with Crippen molar-refractivity contribution < 1.29 is 12.8 Å². The summed E-state index contributed by atoms with van der Waals surface area (Å²) in [4.78, 5) is 4.19. The van der Waals surface area contributed by atoms with E-state index < -0.39 is 10.0 Å². The van der Waals surface area contributed by atoms with Gasteiger partial charge in [-0.1, -0.05) is 18.2 Å². The number of fused-ring (bicyclic) bond motifs is 1. The predicted molar refractivity (Wildman–Crippen MR) is 71.3 cm³/mol. The van der Waals surface area contributed by atoms with Crippen LogP contribution >= 0.6 is 0 Å². The molecule has 1 N–H and O–H groups in total. The van der Waals surface area contributed by atoms with Crippen molar-refractivity contribution in [2.24, 2.45) is 0 Å². The Balaban J connectivity index is 2.07. The third-order valence-corrected chi connectivity index (χ3v) is 3.89. The molecule has 0 radical (unpaired) electrons. The van der Waals surface area contributed by atoms with Crippen molar-refractivity contribution in [3.63, 3.8) is 0 Å². The Morgan fingerprint density at radius 2 is 1.89 bits per heavy atom. The van der Waals surface area contributed by atoms with Gasteiger partial charge in [-0.3, -0.25) is 9.71 Å². The molecule has 0 bridgehead atoms. The Morgan fingerprint density at radius 3 is 2.68 bits per heavy atom. The lowest BCUT2D eigenvalue weighted by molar-refractivity contribution is 0.452. The number of para-hydroxylation sites is 1. The van der Waals surface area contributed by atoms with Crippen molar-refractivity contribution in [2.45, 2.75) is 5.09 Å². The fourth-order valence-corrected chi connectivity index (χ4v) is 2.79. The van der Waals surface area contributed by atoms with Gasteiger partial charge in [0, 0.05) is 11.6 Å². The molecule has 0 aliphatic carbocycles. The van der Waals surface area contributed by atoms with Crippen molar-refractivity contribution in [1.29, 1.82) is 0 Å². The van der Waals surface area contributed by atoms with E-state index >= 15 is 0 Å². The molecule has 0 unspecified atom stereocenters. The quantitative estimate of drug-likeness (QED) is 0.797. The highest BCUT2D eigenvalue weighted by Gasteiger charge is 2.18. The SMILES string of the molecule is O=S(=O)(Nc1cccc2cccnc12)c1ccco1. The molecule has 0 amide bonds. The molecule has 0 saturated heterocycles. The molecule has 1 aromatic carbocycles. The molecule has 3 aromatic rings. The van der Waals surface area contributed by atoms with E-state index in [0.717, 1.165) is 5.39 Å². The van der Waals surface area contributed by atoms with E-state index in [1.165, 1.54) is 18.4 Å². The van der Waals surface area contributed by atoms with Gasteiger partial charge in [0.1, 0.15) is 0 Å². The van der Waals surface area contributed by atoms with E-state index in [4.69, 9.17) is 4.42 Å². The van der Waals surface area contributed by atoms with Gasteiger partial charge in [-0.05, 0) is 24.3 Å². The van der Waals surface area contributed by atoms with Crippen LogP contribution in [0.25, 0.3) is 10.9 Å². The molecule has 0 spiro atoms. The van der Waals surface area contributed by atoms with Crippen LogP contribution in [0, 0.1) is 0 Å². The van der Waals surface area contributed by atoms with Crippen LogP contribution in [0.4, 0.5) is 5.69 Å². The molecule has 5 nitrogen and oxygen atoms in total. The summed E-state index contributed by atoms with van der Waals surface area (Å²) in [7, 11) is -3.72. The largest absolute Gasteiger partial charge is 0.451 e. The second kappa shape index (κ2) is 4.40. The van der Waals surface area contributed by atoms with Crippen molar-refractivity contribution in [1.82, 2.24) is 4.98 Å². The van der Waals surface area contributed by atoms with Crippen molar-refractivity contribution in [3.05, 3.63) is 54.9 Å².